The SMILES string of the molecule is CC1(C)CCNC(CC(=O)O)C(=O)N1C1CCCC1. The van der Waals surface area contributed by atoms with E-state index in [9.17, 15) is 9.59 Å². The normalized spacial score (nSPS) is 28.4. The van der Waals surface area contributed by atoms with Crippen molar-refractivity contribution in [2.75, 3.05) is 6.54 Å². The zero-order valence-corrected chi connectivity index (χ0v) is 11.8. The van der Waals surface area contributed by atoms with E-state index in [1.165, 1.54) is 12.8 Å². The molecule has 0 radical (unpaired) electrons. The van der Waals surface area contributed by atoms with Crippen LogP contribution in [0.15, 0.2) is 0 Å². The van der Waals surface area contributed by atoms with Crippen LogP contribution in [0.3, 0.4) is 0 Å². The lowest BCUT2D eigenvalue weighted by Gasteiger charge is -2.42. The molecule has 1 heterocycles. The molecule has 2 aliphatic rings. The Balaban J connectivity index is 2.21. The van der Waals surface area contributed by atoms with Gasteiger partial charge in [-0.25, -0.2) is 0 Å². The van der Waals surface area contributed by atoms with Crippen molar-refractivity contribution in [3.05, 3.63) is 0 Å². The highest BCUT2D eigenvalue weighted by Gasteiger charge is 2.42. The third kappa shape index (κ3) is 3.08. The van der Waals surface area contributed by atoms with E-state index in [2.05, 4.69) is 19.2 Å². The van der Waals surface area contributed by atoms with Gasteiger partial charge in [-0.15, -0.1) is 0 Å². The topological polar surface area (TPSA) is 69.6 Å². The zero-order valence-electron chi connectivity index (χ0n) is 11.8. The Hall–Kier alpha value is -1.10. The van der Waals surface area contributed by atoms with Gasteiger partial charge in [0.05, 0.1) is 12.5 Å². The number of hydrogen-bond donors (Lipinski definition) is 2. The van der Waals surface area contributed by atoms with Crippen LogP contribution >= 0.6 is 0 Å². The molecule has 1 saturated carbocycles. The number of carboxylic acids is 1. The highest BCUT2D eigenvalue weighted by Crippen LogP contribution is 2.33. The summed E-state index contributed by atoms with van der Waals surface area (Å²) >= 11 is 0. The average Bonchev–Trinajstić information content (AvgIpc) is 2.76. The lowest BCUT2D eigenvalue weighted by Crippen LogP contribution is -2.55. The van der Waals surface area contributed by atoms with Gasteiger partial charge in [0.2, 0.25) is 5.91 Å². The number of carbonyl (C=O) groups excluding carboxylic acids is 1. The second kappa shape index (κ2) is 5.49. The summed E-state index contributed by atoms with van der Waals surface area (Å²) < 4.78 is 0. The average molecular weight is 268 g/mol. The fraction of sp³-hybridized carbons (Fsp3) is 0.857. The first-order chi connectivity index (χ1) is 8.92. The number of rotatable bonds is 3. The molecule has 2 fully saturated rings. The number of carbonyl (C=O) groups is 2. The van der Waals surface area contributed by atoms with Crippen LogP contribution in [0.25, 0.3) is 0 Å². The van der Waals surface area contributed by atoms with E-state index >= 15 is 0 Å². The van der Waals surface area contributed by atoms with Gasteiger partial charge in [-0.3, -0.25) is 9.59 Å². The van der Waals surface area contributed by atoms with Crippen molar-refractivity contribution in [1.29, 1.82) is 0 Å². The molecule has 0 bridgehead atoms. The van der Waals surface area contributed by atoms with Gasteiger partial charge in [0.25, 0.3) is 0 Å². The Morgan fingerprint density at radius 1 is 1.42 bits per heavy atom. The summed E-state index contributed by atoms with van der Waals surface area (Å²) in [6, 6.07) is -0.279. The van der Waals surface area contributed by atoms with Gasteiger partial charge in [0, 0.05) is 11.6 Å². The third-order valence-corrected chi connectivity index (χ3v) is 4.38. The summed E-state index contributed by atoms with van der Waals surface area (Å²) in [6.07, 6.45) is 5.18. The van der Waals surface area contributed by atoms with Gasteiger partial charge in [-0.05, 0) is 39.7 Å². The predicted octanol–water partition coefficient (Wildman–Crippen LogP) is 1.37. The van der Waals surface area contributed by atoms with Gasteiger partial charge >= 0.3 is 5.97 Å². The summed E-state index contributed by atoms with van der Waals surface area (Å²) in [7, 11) is 0. The van der Waals surface area contributed by atoms with Crippen LogP contribution in [-0.4, -0.2) is 46.1 Å². The molecular weight excluding hydrogens is 244 g/mol. The molecule has 1 unspecified atom stereocenters. The van der Waals surface area contributed by atoms with Crippen LogP contribution in [0.5, 0.6) is 0 Å². The molecule has 1 atom stereocenters. The fourth-order valence-electron chi connectivity index (χ4n) is 3.40. The van der Waals surface area contributed by atoms with Crippen LogP contribution in [0.2, 0.25) is 0 Å². The smallest absolute Gasteiger partial charge is 0.305 e. The maximum Gasteiger partial charge on any atom is 0.305 e. The van der Waals surface area contributed by atoms with Gasteiger partial charge in [-0.2, -0.15) is 0 Å². The van der Waals surface area contributed by atoms with Gasteiger partial charge in [0.15, 0.2) is 0 Å². The largest absolute Gasteiger partial charge is 0.481 e. The van der Waals surface area contributed by atoms with Crippen molar-refractivity contribution >= 4 is 11.9 Å². The van der Waals surface area contributed by atoms with E-state index < -0.39 is 12.0 Å². The molecule has 1 aliphatic carbocycles. The number of nitrogens with one attached hydrogen (secondary N) is 1. The minimum atomic E-state index is -0.920. The third-order valence-electron chi connectivity index (χ3n) is 4.38. The van der Waals surface area contributed by atoms with Gasteiger partial charge < -0.3 is 15.3 Å². The molecule has 1 saturated heterocycles. The first kappa shape index (κ1) is 14.3. The molecule has 108 valence electrons. The number of nitrogens with zero attached hydrogens (tertiary/aromatic N) is 1. The van der Waals surface area contributed by atoms with E-state index in [1.54, 1.807) is 0 Å². The molecule has 0 aromatic rings. The lowest BCUT2D eigenvalue weighted by atomic mass is 9.95. The Bertz CT molecular complexity index is 362. The summed E-state index contributed by atoms with van der Waals surface area (Å²) in [4.78, 5) is 25.6. The Labute approximate surface area is 114 Å². The molecule has 0 aromatic heterocycles. The van der Waals surface area contributed by atoms with Crippen molar-refractivity contribution in [1.82, 2.24) is 10.2 Å². The molecule has 2 N–H and O–H groups in total. The van der Waals surface area contributed by atoms with Crippen LogP contribution in [0.4, 0.5) is 0 Å². The Kier molecular flexibility index (Phi) is 4.13. The molecule has 19 heavy (non-hydrogen) atoms. The monoisotopic (exact) mass is 268 g/mol. The molecule has 1 aliphatic heterocycles. The van der Waals surface area contributed by atoms with Crippen LogP contribution in [0.1, 0.15) is 52.4 Å². The maximum absolute atomic E-state index is 12.7. The molecule has 5 nitrogen and oxygen atoms in total. The van der Waals surface area contributed by atoms with Crippen molar-refractivity contribution in [3.63, 3.8) is 0 Å². The Morgan fingerprint density at radius 3 is 2.63 bits per heavy atom. The quantitative estimate of drug-likeness (QED) is 0.811. The molecular formula is C14H24N2O3. The second-order valence-electron chi connectivity index (χ2n) is 6.31. The van der Waals surface area contributed by atoms with Crippen LogP contribution in [0, 0.1) is 0 Å². The van der Waals surface area contributed by atoms with Gasteiger partial charge in [0.1, 0.15) is 0 Å². The summed E-state index contributed by atoms with van der Waals surface area (Å²) in [5.74, 6) is -0.950. The van der Waals surface area contributed by atoms with E-state index in [-0.39, 0.29) is 17.9 Å². The van der Waals surface area contributed by atoms with E-state index in [0.717, 1.165) is 19.3 Å². The van der Waals surface area contributed by atoms with Crippen LogP contribution in [-0.2, 0) is 9.59 Å². The molecule has 0 spiro atoms. The minimum absolute atomic E-state index is 0.0307. The zero-order chi connectivity index (χ0) is 14.0. The minimum Gasteiger partial charge on any atom is -0.481 e. The number of carboxylic acid groups (broad SMARTS) is 1. The number of aliphatic carboxylic acids is 1. The second-order valence-corrected chi connectivity index (χ2v) is 6.31. The molecule has 1 amide bonds. The lowest BCUT2D eigenvalue weighted by molar-refractivity contribution is -0.146. The highest BCUT2D eigenvalue weighted by atomic mass is 16.4. The highest BCUT2D eigenvalue weighted by molar-refractivity contribution is 5.87. The predicted molar refractivity (Wildman–Crippen MR) is 71.8 cm³/mol. The molecule has 5 heteroatoms. The van der Waals surface area contributed by atoms with E-state index in [1.807, 2.05) is 4.90 Å². The van der Waals surface area contributed by atoms with E-state index in [4.69, 9.17) is 5.11 Å². The Morgan fingerprint density at radius 2 is 2.05 bits per heavy atom. The standard InChI is InChI=1S/C14H24N2O3/c1-14(2)7-8-15-11(9-12(17)18)13(19)16(14)10-5-3-4-6-10/h10-11,15H,3-9H2,1-2H3,(H,17,18). The first-order valence-electron chi connectivity index (χ1n) is 7.20. The van der Waals surface area contributed by atoms with E-state index in [0.29, 0.717) is 12.6 Å². The molecule has 0 aromatic carbocycles. The summed E-state index contributed by atoms with van der Waals surface area (Å²) in [5, 5.41) is 12.0. The maximum atomic E-state index is 12.7. The van der Waals surface area contributed by atoms with Crippen molar-refractivity contribution in [2.24, 2.45) is 0 Å². The summed E-state index contributed by atoms with van der Waals surface area (Å²) in [5.41, 5.74) is -0.188. The van der Waals surface area contributed by atoms with Crippen molar-refractivity contribution in [3.8, 4) is 0 Å². The molecule has 2 rings (SSSR count). The number of amides is 1. The van der Waals surface area contributed by atoms with Crippen molar-refractivity contribution in [2.45, 2.75) is 70.0 Å². The van der Waals surface area contributed by atoms with Crippen molar-refractivity contribution < 1.29 is 14.7 Å². The van der Waals surface area contributed by atoms with Gasteiger partial charge in [-0.1, -0.05) is 12.8 Å². The number of hydrogen-bond acceptors (Lipinski definition) is 3. The summed E-state index contributed by atoms with van der Waals surface area (Å²) in [6.45, 7) is 4.88. The van der Waals surface area contributed by atoms with Crippen LogP contribution < -0.4 is 5.32 Å². The first-order valence-corrected chi connectivity index (χ1v) is 7.20. The fourth-order valence-corrected chi connectivity index (χ4v) is 3.40.